The van der Waals surface area contributed by atoms with Crippen molar-refractivity contribution in [3.05, 3.63) is 0 Å². The normalized spacial score (nSPS) is 60.0. The highest BCUT2D eigenvalue weighted by Crippen LogP contribution is 2.49. The maximum atomic E-state index is 5.85. The predicted molar refractivity (Wildman–Crippen MR) is 52.0 cm³/mol. The first kappa shape index (κ1) is 8.12. The molecule has 6 unspecified atom stereocenters. The van der Waals surface area contributed by atoms with Crippen molar-refractivity contribution in [2.24, 2.45) is 11.8 Å². The third kappa shape index (κ3) is 1.10. The fourth-order valence-corrected chi connectivity index (χ4v) is 3.88. The van der Waals surface area contributed by atoms with Gasteiger partial charge in [0.15, 0.2) is 0 Å². The Morgan fingerprint density at radius 1 is 0.714 bits per heavy atom. The number of hydrogen-bond donors (Lipinski definition) is 0. The molecule has 3 heterocycles. The first-order valence-electron chi connectivity index (χ1n) is 6.21. The van der Waals surface area contributed by atoms with Crippen LogP contribution in [0.25, 0.3) is 0 Å². The molecule has 3 saturated heterocycles. The maximum Gasteiger partial charge on any atom is 0.0844 e. The number of epoxide rings is 1. The molecule has 0 amide bonds. The number of fused-ring (bicyclic) bond motifs is 3. The summed E-state index contributed by atoms with van der Waals surface area (Å²) in [5, 5.41) is 0. The minimum absolute atomic E-state index is 0.633. The van der Waals surface area contributed by atoms with Crippen LogP contribution in [0.3, 0.4) is 0 Å². The van der Waals surface area contributed by atoms with Crippen LogP contribution in [0, 0.1) is 11.8 Å². The van der Waals surface area contributed by atoms with Crippen LogP contribution in [0.4, 0.5) is 0 Å². The zero-order valence-corrected chi connectivity index (χ0v) is 8.52. The predicted octanol–water partition coefficient (Wildman–Crippen LogP) is 2.12. The maximum absolute atomic E-state index is 5.85. The van der Waals surface area contributed by atoms with Crippen molar-refractivity contribution in [2.75, 3.05) is 0 Å². The van der Waals surface area contributed by atoms with E-state index in [1.807, 2.05) is 0 Å². The van der Waals surface area contributed by atoms with E-state index in [0.29, 0.717) is 24.4 Å². The van der Waals surface area contributed by atoms with Gasteiger partial charge in [-0.15, -0.1) is 0 Å². The van der Waals surface area contributed by atoms with E-state index in [9.17, 15) is 0 Å². The third-order valence-corrected chi connectivity index (χ3v) is 4.81. The van der Waals surface area contributed by atoms with E-state index in [2.05, 4.69) is 0 Å². The monoisotopic (exact) mass is 194 g/mol. The summed E-state index contributed by atoms with van der Waals surface area (Å²) in [7, 11) is 0. The molecule has 0 aromatic rings. The summed E-state index contributed by atoms with van der Waals surface area (Å²) in [6.07, 6.45) is 10.7. The van der Waals surface area contributed by atoms with Gasteiger partial charge in [0.1, 0.15) is 0 Å². The van der Waals surface area contributed by atoms with E-state index in [0.717, 1.165) is 11.8 Å². The number of hydrogen-bond acceptors (Lipinski definition) is 2. The molecule has 5 aliphatic rings. The largest absolute Gasteiger partial charge is 0.374 e. The molecule has 6 atom stereocenters. The molecule has 0 N–H and O–H groups in total. The molecule has 0 radical (unpaired) electrons. The van der Waals surface area contributed by atoms with Crippen molar-refractivity contribution >= 4 is 0 Å². The van der Waals surface area contributed by atoms with Crippen molar-refractivity contribution in [1.29, 1.82) is 0 Å². The molecule has 5 fully saturated rings. The van der Waals surface area contributed by atoms with Crippen LogP contribution in [0.5, 0.6) is 0 Å². The SMILES string of the molecule is C1CC(C2CCC3OC3C2)C2CC1O2. The minimum Gasteiger partial charge on any atom is -0.374 e. The smallest absolute Gasteiger partial charge is 0.0844 e. The van der Waals surface area contributed by atoms with Crippen LogP contribution in [0.15, 0.2) is 0 Å². The Bertz CT molecular complexity index is 244. The Balaban J connectivity index is 1.46. The van der Waals surface area contributed by atoms with Crippen molar-refractivity contribution in [3.8, 4) is 0 Å². The molecule has 2 nitrogen and oxygen atoms in total. The highest BCUT2D eigenvalue weighted by molar-refractivity contribution is 4.99. The number of ether oxygens (including phenoxy) is 2. The Morgan fingerprint density at radius 3 is 2.36 bits per heavy atom. The molecule has 3 aliphatic heterocycles. The van der Waals surface area contributed by atoms with Crippen LogP contribution in [-0.2, 0) is 9.47 Å². The second-order valence-corrected chi connectivity index (χ2v) is 5.56. The molecule has 2 saturated carbocycles. The molecule has 2 heteroatoms. The van der Waals surface area contributed by atoms with E-state index in [1.54, 1.807) is 0 Å². The summed E-state index contributed by atoms with van der Waals surface area (Å²) < 4.78 is 11.5. The van der Waals surface area contributed by atoms with Crippen molar-refractivity contribution < 1.29 is 9.47 Å². The zero-order chi connectivity index (χ0) is 9.12. The van der Waals surface area contributed by atoms with Crippen molar-refractivity contribution in [2.45, 2.75) is 62.9 Å². The highest BCUT2D eigenvalue weighted by Gasteiger charge is 2.50. The fraction of sp³-hybridized carbons (Fsp3) is 1.00. The molecule has 2 aliphatic carbocycles. The fourth-order valence-electron chi connectivity index (χ4n) is 3.88. The van der Waals surface area contributed by atoms with E-state index in [4.69, 9.17) is 9.47 Å². The Kier molecular flexibility index (Phi) is 1.58. The van der Waals surface area contributed by atoms with Crippen LogP contribution in [0.2, 0.25) is 0 Å². The average Bonchev–Trinajstić information content (AvgIpc) is 2.94. The summed E-state index contributed by atoms with van der Waals surface area (Å²) in [5.74, 6) is 1.80. The first-order chi connectivity index (χ1) is 6.90. The lowest BCUT2D eigenvalue weighted by Gasteiger charge is -2.49. The summed E-state index contributed by atoms with van der Waals surface area (Å²) >= 11 is 0. The van der Waals surface area contributed by atoms with Gasteiger partial charge < -0.3 is 9.47 Å². The molecule has 0 aromatic carbocycles. The zero-order valence-electron chi connectivity index (χ0n) is 8.52. The van der Waals surface area contributed by atoms with Crippen molar-refractivity contribution in [1.82, 2.24) is 0 Å². The summed E-state index contributed by atoms with van der Waals surface area (Å²) in [6.45, 7) is 0. The van der Waals surface area contributed by atoms with Crippen LogP contribution >= 0.6 is 0 Å². The van der Waals surface area contributed by atoms with Gasteiger partial charge in [-0.1, -0.05) is 0 Å². The Labute approximate surface area is 85.0 Å². The second-order valence-electron chi connectivity index (χ2n) is 5.56. The van der Waals surface area contributed by atoms with Gasteiger partial charge in [0, 0.05) is 6.42 Å². The lowest BCUT2D eigenvalue weighted by Crippen LogP contribution is -2.50. The standard InChI is InChI=1S/C12H18O2/c1-4-10-12(14-10)5-7(1)9-3-2-8-6-11(9)13-8/h7-12H,1-6H2. The molecule has 2 bridgehead atoms. The number of rotatable bonds is 1. The van der Waals surface area contributed by atoms with Gasteiger partial charge >= 0.3 is 0 Å². The van der Waals surface area contributed by atoms with E-state index in [-0.39, 0.29) is 0 Å². The van der Waals surface area contributed by atoms with Gasteiger partial charge in [-0.05, 0) is 43.9 Å². The van der Waals surface area contributed by atoms with Gasteiger partial charge in [-0.25, -0.2) is 0 Å². The van der Waals surface area contributed by atoms with Crippen LogP contribution in [-0.4, -0.2) is 24.4 Å². The van der Waals surface area contributed by atoms with Gasteiger partial charge in [0.05, 0.1) is 24.4 Å². The topological polar surface area (TPSA) is 21.8 Å². The molecular formula is C12H18O2. The molecule has 5 rings (SSSR count). The molecular weight excluding hydrogens is 176 g/mol. The third-order valence-electron chi connectivity index (χ3n) is 4.81. The quantitative estimate of drug-likeness (QED) is 0.596. The van der Waals surface area contributed by atoms with E-state index >= 15 is 0 Å². The first-order valence-corrected chi connectivity index (χ1v) is 6.21. The van der Waals surface area contributed by atoms with Gasteiger partial charge in [-0.3, -0.25) is 0 Å². The molecule has 14 heavy (non-hydrogen) atoms. The van der Waals surface area contributed by atoms with Crippen LogP contribution in [0.1, 0.15) is 38.5 Å². The van der Waals surface area contributed by atoms with Gasteiger partial charge in [0.2, 0.25) is 0 Å². The molecule has 78 valence electrons. The van der Waals surface area contributed by atoms with Crippen LogP contribution < -0.4 is 0 Å². The minimum atomic E-state index is 0.633. The van der Waals surface area contributed by atoms with Crippen molar-refractivity contribution in [3.63, 3.8) is 0 Å². The second kappa shape index (κ2) is 2.73. The molecule has 0 spiro atoms. The highest BCUT2D eigenvalue weighted by atomic mass is 16.6. The van der Waals surface area contributed by atoms with Gasteiger partial charge in [0.25, 0.3) is 0 Å². The van der Waals surface area contributed by atoms with Gasteiger partial charge in [-0.2, -0.15) is 0 Å². The summed E-state index contributed by atoms with van der Waals surface area (Å²) in [6, 6.07) is 0. The van der Waals surface area contributed by atoms with E-state index in [1.165, 1.54) is 38.5 Å². The molecule has 0 aromatic heterocycles. The lowest BCUT2D eigenvalue weighted by atomic mass is 9.69. The summed E-state index contributed by atoms with van der Waals surface area (Å²) in [5.41, 5.74) is 0. The summed E-state index contributed by atoms with van der Waals surface area (Å²) in [4.78, 5) is 0. The Morgan fingerprint density at radius 2 is 1.64 bits per heavy atom. The Hall–Kier alpha value is -0.0800. The van der Waals surface area contributed by atoms with E-state index < -0.39 is 0 Å². The average molecular weight is 194 g/mol. The lowest BCUT2D eigenvalue weighted by molar-refractivity contribution is -0.197.